The maximum Gasteiger partial charge on any atom is 0.257 e. The molecule has 2 heterocycles. The molecule has 8 heteroatoms. The van der Waals surface area contributed by atoms with Gasteiger partial charge in [0.1, 0.15) is 5.82 Å². The Hall–Kier alpha value is -2.25. The predicted octanol–water partition coefficient (Wildman–Crippen LogP) is 1.65. The normalized spacial score (nSPS) is 20.7. The van der Waals surface area contributed by atoms with Gasteiger partial charge in [-0.2, -0.15) is 10.1 Å². The lowest BCUT2D eigenvalue weighted by atomic mass is 10.3. The number of aromatic amines is 1. The Morgan fingerprint density at radius 2 is 2.22 bits per heavy atom. The van der Waals surface area contributed by atoms with Crippen LogP contribution in [0.4, 0.5) is 26.4 Å². The van der Waals surface area contributed by atoms with Crippen LogP contribution in [0.15, 0.2) is 18.3 Å². The van der Waals surface area contributed by atoms with E-state index in [2.05, 4.69) is 25.5 Å². The number of alkyl halides is 2. The van der Waals surface area contributed by atoms with Crippen LogP contribution in [0.5, 0.6) is 0 Å². The maximum atomic E-state index is 12.9. The zero-order valence-corrected chi connectivity index (χ0v) is 9.19. The first kappa shape index (κ1) is 10.9. The lowest BCUT2D eigenvalue weighted by Gasteiger charge is -2.00. The summed E-state index contributed by atoms with van der Waals surface area (Å²) in [6.45, 7) is 0. The molecule has 3 rings (SSSR count). The number of nitrogens with zero attached hydrogens (tertiary/aromatic N) is 3. The van der Waals surface area contributed by atoms with E-state index in [0.29, 0.717) is 17.3 Å². The van der Waals surface area contributed by atoms with Crippen LogP contribution < -0.4 is 11.1 Å². The molecule has 0 bridgehead atoms. The van der Waals surface area contributed by atoms with Crippen LogP contribution in [0, 0.1) is 0 Å². The van der Waals surface area contributed by atoms with Crippen molar-refractivity contribution in [1.82, 2.24) is 20.2 Å². The number of nitrogens with two attached hydrogens (primary N) is 1. The number of anilines is 3. The molecule has 1 aliphatic rings. The minimum atomic E-state index is -2.61. The number of aromatic nitrogens is 4. The first-order chi connectivity index (χ1) is 8.54. The van der Waals surface area contributed by atoms with Gasteiger partial charge in [-0.15, -0.1) is 0 Å². The van der Waals surface area contributed by atoms with Gasteiger partial charge in [0.25, 0.3) is 5.92 Å². The van der Waals surface area contributed by atoms with E-state index >= 15 is 0 Å². The van der Waals surface area contributed by atoms with Crippen molar-refractivity contribution < 1.29 is 8.78 Å². The number of rotatable bonds is 3. The molecule has 1 saturated carbocycles. The maximum absolute atomic E-state index is 12.9. The second kappa shape index (κ2) is 3.62. The average molecular weight is 252 g/mol. The topological polar surface area (TPSA) is 92.5 Å². The standard InChI is InChI=1S/C10H10F2N6/c11-10(12)4-5(10)6-3-8(18-17-6)15-7-1-2-14-9(13)16-7/h1-3,5H,4H2,(H4,13,14,15,16,17,18)/t5-/m0/s1. The van der Waals surface area contributed by atoms with E-state index in [1.54, 1.807) is 12.1 Å². The van der Waals surface area contributed by atoms with E-state index in [9.17, 15) is 8.78 Å². The smallest absolute Gasteiger partial charge is 0.257 e. The van der Waals surface area contributed by atoms with Crippen molar-refractivity contribution in [2.75, 3.05) is 11.1 Å². The van der Waals surface area contributed by atoms with Gasteiger partial charge >= 0.3 is 0 Å². The number of H-pyrrole nitrogens is 1. The Morgan fingerprint density at radius 1 is 1.44 bits per heavy atom. The molecule has 18 heavy (non-hydrogen) atoms. The van der Waals surface area contributed by atoms with Gasteiger partial charge in [-0.05, 0) is 6.07 Å². The summed E-state index contributed by atoms with van der Waals surface area (Å²) in [5.74, 6) is -2.35. The van der Waals surface area contributed by atoms with E-state index < -0.39 is 11.8 Å². The van der Waals surface area contributed by atoms with Crippen LogP contribution in [-0.4, -0.2) is 26.1 Å². The summed E-state index contributed by atoms with van der Waals surface area (Å²) in [5.41, 5.74) is 5.84. The Kier molecular flexibility index (Phi) is 2.19. The molecule has 2 aromatic rings. The second-order valence-electron chi connectivity index (χ2n) is 4.15. The van der Waals surface area contributed by atoms with Crippen molar-refractivity contribution in [2.24, 2.45) is 0 Å². The highest BCUT2D eigenvalue weighted by molar-refractivity contribution is 5.53. The quantitative estimate of drug-likeness (QED) is 0.772. The van der Waals surface area contributed by atoms with Gasteiger partial charge in [0.15, 0.2) is 5.82 Å². The molecular formula is C10H10F2N6. The van der Waals surface area contributed by atoms with Gasteiger partial charge in [0, 0.05) is 24.4 Å². The van der Waals surface area contributed by atoms with Crippen LogP contribution in [0.2, 0.25) is 0 Å². The van der Waals surface area contributed by atoms with E-state index in [0.717, 1.165) is 0 Å². The van der Waals surface area contributed by atoms with Crippen LogP contribution in [0.25, 0.3) is 0 Å². The van der Waals surface area contributed by atoms with Gasteiger partial charge in [-0.3, -0.25) is 5.10 Å². The van der Waals surface area contributed by atoms with Crippen molar-refractivity contribution in [3.05, 3.63) is 24.0 Å². The lowest BCUT2D eigenvalue weighted by molar-refractivity contribution is 0.111. The van der Waals surface area contributed by atoms with Crippen molar-refractivity contribution in [3.63, 3.8) is 0 Å². The molecule has 0 aliphatic heterocycles. The van der Waals surface area contributed by atoms with Gasteiger partial charge in [0.05, 0.1) is 5.92 Å². The zero-order valence-electron chi connectivity index (χ0n) is 9.19. The second-order valence-corrected chi connectivity index (χ2v) is 4.15. The van der Waals surface area contributed by atoms with Crippen molar-refractivity contribution in [2.45, 2.75) is 18.3 Å². The molecule has 4 N–H and O–H groups in total. The van der Waals surface area contributed by atoms with Crippen LogP contribution >= 0.6 is 0 Å². The third-order valence-corrected chi connectivity index (χ3v) is 2.73. The Morgan fingerprint density at radius 3 is 2.89 bits per heavy atom. The van der Waals surface area contributed by atoms with Crippen molar-refractivity contribution >= 4 is 17.6 Å². The van der Waals surface area contributed by atoms with E-state index in [4.69, 9.17) is 5.73 Å². The molecule has 1 fully saturated rings. The molecular weight excluding hydrogens is 242 g/mol. The first-order valence-electron chi connectivity index (χ1n) is 5.33. The fourth-order valence-electron chi connectivity index (χ4n) is 1.70. The van der Waals surface area contributed by atoms with Crippen molar-refractivity contribution in [1.29, 1.82) is 0 Å². The third kappa shape index (κ3) is 1.96. The molecule has 1 aliphatic carbocycles. The van der Waals surface area contributed by atoms with Gasteiger partial charge in [0.2, 0.25) is 5.95 Å². The summed E-state index contributed by atoms with van der Waals surface area (Å²) < 4.78 is 25.7. The number of nitrogens with one attached hydrogen (secondary N) is 2. The monoisotopic (exact) mass is 252 g/mol. The third-order valence-electron chi connectivity index (χ3n) is 2.73. The molecule has 0 radical (unpaired) electrons. The fraction of sp³-hybridized carbons (Fsp3) is 0.300. The largest absolute Gasteiger partial charge is 0.368 e. The molecule has 6 nitrogen and oxygen atoms in total. The summed E-state index contributed by atoms with van der Waals surface area (Å²) in [5, 5.41) is 9.35. The SMILES string of the molecule is Nc1nccc(Nc2cc([C@@H]3CC3(F)F)[nH]n2)n1. The molecule has 94 valence electrons. The van der Waals surface area contributed by atoms with Gasteiger partial charge < -0.3 is 11.1 Å². The van der Waals surface area contributed by atoms with Crippen LogP contribution in [0.1, 0.15) is 18.0 Å². The molecule has 2 aromatic heterocycles. The Balaban J connectivity index is 1.75. The first-order valence-corrected chi connectivity index (χ1v) is 5.33. The average Bonchev–Trinajstić information content (AvgIpc) is 2.72. The Labute approximate surface area is 101 Å². The molecule has 0 aromatic carbocycles. The van der Waals surface area contributed by atoms with Gasteiger partial charge in [-0.25, -0.2) is 13.8 Å². The number of nitrogen functional groups attached to an aromatic ring is 1. The Bertz CT molecular complexity index is 581. The molecule has 0 saturated heterocycles. The van der Waals surface area contributed by atoms with E-state index in [1.807, 2.05) is 0 Å². The summed E-state index contributed by atoms with van der Waals surface area (Å²) in [6.07, 6.45) is 1.36. The van der Waals surface area contributed by atoms with Crippen LogP contribution in [0.3, 0.4) is 0 Å². The highest BCUT2D eigenvalue weighted by atomic mass is 19.3. The van der Waals surface area contributed by atoms with E-state index in [1.165, 1.54) is 6.20 Å². The number of hydrogen-bond acceptors (Lipinski definition) is 5. The molecule has 1 atom stereocenters. The summed E-state index contributed by atoms with van der Waals surface area (Å²) in [7, 11) is 0. The molecule has 0 spiro atoms. The highest BCUT2D eigenvalue weighted by Gasteiger charge is 2.58. The highest BCUT2D eigenvalue weighted by Crippen LogP contribution is 2.55. The zero-order chi connectivity index (χ0) is 12.8. The van der Waals surface area contributed by atoms with Gasteiger partial charge in [-0.1, -0.05) is 0 Å². The summed E-state index contributed by atoms with van der Waals surface area (Å²) in [6, 6.07) is 3.15. The lowest BCUT2D eigenvalue weighted by Crippen LogP contribution is -1.99. The molecule has 0 amide bonds. The summed E-state index contributed by atoms with van der Waals surface area (Å²) in [4.78, 5) is 7.66. The predicted molar refractivity (Wildman–Crippen MR) is 60.6 cm³/mol. The van der Waals surface area contributed by atoms with E-state index in [-0.39, 0.29) is 12.4 Å². The fourth-order valence-corrected chi connectivity index (χ4v) is 1.70. The minimum absolute atomic E-state index is 0.129. The van der Waals surface area contributed by atoms with Crippen molar-refractivity contribution in [3.8, 4) is 0 Å². The minimum Gasteiger partial charge on any atom is -0.368 e. The number of halogens is 2. The van der Waals surface area contributed by atoms with Crippen LogP contribution in [-0.2, 0) is 0 Å². The number of hydrogen-bond donors (Lipinski definition) is 3. The molecule has 0 unspecified atom stereocenters. The summed E-state index contributed by atoms with van der Waals surface area (Å²) >= 11 is 0.